The van der Waals surface area contributed by atoms with Gasteiger partial charge in [-0.3, -0.25) is 9.69 Å². The first-order chi connectivity index (χ1) is 11.8. The summed E-state index contributed by atoms with van der Waals surface area (Å²) in [4.78, 5) is 16.1. The molecule has 6 nitrogen and oxygen atoms in total. The number of carbonyl (C=O) groups is 1. The summed E-state index contributed by atoms with van der Waals surface area (Å²) < 4.78 is 27.9. The SMILES string of the molecule is CS(=O)(=O)CCN1CCN(C(=O)CCOc2cccc(Cl)c2Cl)CC1. The lowest BCUT2D eigenvalue weighted by atomic mass is 10.3. The number of nitrogens with zero attached hydrogens (tertiary/aromatic N) is 2. The Balaban J connectivity index is 1.71. The van der Waals surface area contributed by atoms with E-state index < -0.39 is 9.84 Å². The molecular formula is C16H22Cl2N2O4S. The van der Waals surface area contributed by atoms with Crippen LogP contribution in [0, 0.1) is 0 Å². The molecule has 1 aromatic carbocycles. The summed E-state index contributed by atoms with van der Waals surface area (Å²) in [6.07, 6.45) is 1.49. The van der Waals surface area contributed by atoms with Gasteiger partial charge in [0.05, 0.1) is 23.8 Å². The number of hydrogen-bond donors (Lipinski definition) is 0. The van der Waals surface area contributed by atoms with E-state index in [9.17, 15) is 13.2 Å². The van der Waals surface area contributed by atoms with Gasteiger partial charge >= 0.3 is 0 Å². The van der Waals surface area contributed by atoms with Crippen LogP contribution in [-0.2, 0) is 14.6 Å². The van der Waals surface area contributed by atoms with Gasteiger partial charge < -0.3 is 9.64 Å². The molecule has 0 aromatic heterocycles. The molecule has 9 heteroatoms. The second-order valence-corrected chi connectivity index (χ2v) is 9.05. The van der Waals surface area contributed by atoms with E-state index in [1.165, 1.54) is 6.26 Å². The summed E-state index contributed by atoms with van der Waals surface area (Å²) in [5, 5.41) is 0.756. The Morgan fingerprint density at radius 3 is 2.52 bits per heavy atom. The molecule has 0 atom stereocenters. The Morgan fingerprint density at radius 2 is 1.88 bits per heavy atom. The minimum Gasteiger partial charge on any atom is -0.491 e. The van der Waals surface area contributed by atoms with Gasteiger partial charge in [-0.05, 0) is 12.1 Å². The molecule has 1 aliphatic rings. The van der Waals surface area contributed by atoms with Crippen LogP contribution in [-0.4, -0.2) is 75.5 Å². The maximum absolute atomic E-state index is 12.2. The van der Waals surface area contributed by atoms with Crippen molar-refractivity contribution in [3.63, 3.8) is 0 Å². The number of amides is 1. The van der Waals surface area contributed by atoms with Crippen molar-refractivity contribution in [2.45, 2.75) is 6.42 Å². The molecule has 1 amide bonds. The summed E-state index contributed by atoms with van der Waals surface area (Å²) in [7, 11) is -2.96. The zero-order valence-corrected chi connectivity index (χ0v) is 16.4. The smallest absolute Gasteiger partial charge is 0.226 e. The quantitative estimate of drug-likeness (QED) is 0.689. The van der Waals surface area contributed by atoms with Crippen molar-refractivity contribution in [1.82, 2.24) is 9.80 Å². The van der Waals surface area contributed by atoms with Gasteiger partial charge in [0.25, 0.3) is 0 Å². The third-order valence-corrected chi connectivity index (χ3v) is 5.72. The van der Waals surface area contributed by atoms with Gasteiger partial charge in [-0.1, -0.05) is 29.3 Å². The Morgan fingerprint density at radius 1 is 1.20 bits per heavy atom. The average molecular weight is 409 g/mol. The lowest BCUT2D eigenvalue weighted by molar-refractivity contribution is -0.133. The van der Waals surface area contributed by atoms with Crippen molar-refractivity contribution < 1.29 is 17.9 Å². The summed E-state index contributed by atoms with van der Waals surface area (Å²) in [6.45, 7) is 3.30. The number of hydrogen-bond acceptors (Lipinski definition) is 5. The zero-order chi connectivity index (χ0) is 18.4. The largest absolute Gasteiger partial charge is 0.491 e. The maximum Gasteiger partial charge on any atom is 0.226 e. The second kappa shape index (κ2) is 9.07. The van der Waals surface area contributed by atoms with Gasteiger partial charge in [-0.25, -0.2) is 8.42 Å². The number of sulfone groups is 1. The van der Waals surface area contributed by atoms with Gasteiger partial charge in [-0.15, -0.1) is 0 Å². The fourth-order valence-corrected chi connectivity index (χ4v) is 3.45. The van der Waals surface area contributed by atoms with Crippen LogP contribution in [0.15, 0.2) is 18.2 Å². The monoisotopic (exact) mass is 408 g/mol. The highest BCUT2D eigenvalue weighted by Gasteiger charge is 2.21. The van der Waals surface area contributed by atoms with Crippen molar-refractivity contribution in [2.24, 2.45) is 0 Å². The summed E-state index contributed by atoms with van der Waals surface area (Å²) in [5.74, 6) is 0.628. The lowest BCUT2D eigenvalue weighted by Gasteiger charge is -2.34. The van der Waals surface area contributed by atoms with E-state index in [0.29, 0.717) is 48.5 Å². The molecule has 1 aliphatic heterocycles. The molecule has 1 saturated heterocycles. The molecule has 0 bridgehead atoms. The first-order valence-electron chi connectivity index (χ1n) is 8.01. The van der Waals surface area contributed by atoms with E-state index in [2.05, 4.69) is 4.90 Å². The minimum atomic E-state index is -2.96. The van der Waals surface area contributed by atoms with Crippen LogP contribution in [0.4, 0.5) is 0 Å². The van der Waals surface area contributed by atoms with Crippen LogP contribution in [0.5, 0.6) is 5.75 Å². The molecule has 0 aliphatic carbocycles. The first-order valence-corrected chi connectivity index (χ1v) is 10.8. The third kappa shape index (κ3) is 6.66. The molecule has 0 radical (unpaired) electrons. The highest BCUT2D eigenvalue weighted by molar-refractivity contribution is 7.90. The van der Waals surface area contributed by atoms with Crippen LogP contribution >= 0.6 is 23.2 Å². The fourth-order valence-electron chi connectivity index (χ4n) is 2.52. The Bertz CT molecular complexity index is 704. The van der Waals surface area contributed by atoms with E-state index in [-0.39, 0.29) is 24.7 Å². The molecule has 1 fully saturated rings. The van der Waals surface area contributed by atoms with E-state index in [0.717, 1.165) is 0 Å². The number of carbonyl (C=O) groups excluding carboxylic acids is 1. The van der Waals surface area contributed by atoms with Crippen molar-refractivity contribution in [3.05, 3.63) is 28.2 Å². The first kappa shape index (κ1) is 20.3. The Hall–Kier alpha value is -1.02. The van der Waals surface area contributed by atoms with E-state index >= 15 is 0 Å². The molecule has 0 saturated carbocycles. The number of rotatable bonds is 7. The van der Waals surface area contributed by atoms with Gasteiger partial charge in [-0.2, -0.15) is 0 Å². The minimum absolute atomic E-state index is 0.0147. The Kier molecular flexibility index (Phi) is 7.37. The molecular weight excluding hydrogens is 387 g/mol. The maximum atomic E-state index is 12.2. The molecule has 0 spiro atoms. The lowest BCUT2D eigenvalue weighted by Crippen LogP contribution is -2.49. The van der Waals surface area contributed by atoms with Crippen molar-refractivity contribution in [3.8, 4) is 5.75 Å². The van der Waals surface area contributed by atoms with Crippen LogP contribution in [0.2, 0.25) is 10.0 Å². The molecule has 25 heavy (non-hydrogen) atoms. The highest BCUT2D eigenvalue weighted by atomic mass is 35.5. The standard InChI is InChI=1S/C16H22Cl2N2O4S/c1-25(22,23)12-10-19-6-8-20(9-7-19)15(21)5-11-24-14-4-2-3-13(17)16(14)18/h2-4H,5-12H2,1H3. The predicted octanol–water partition coefficient (Wildman–Crippen LogP) is 1.95. The summed E-state index contributed by atoms with van der Waals surface area (Å²) >= 11 is 11.9. The third-order valence-electron chi connectivity index (χ3n) is 3.99. The van der Waals surface area contributed by atoms with Crippen LogP contribution in [0.25, 0.3) is 0 Å². The second-order valence-electron chi connectivity index (χ2n) is 6.00. The van der Waals surface area contributed by atoms with E-state index in [1.54, 1.807) is 23.1 Å². The molecule has 0 N–H and O–H groups in total. The van der Waals surface area contributed by atoms with Gasteiger partial charge in [0.1, 0.15) is 20.6 Å². The van der Waals surface area contributed by atoms with E-state index in [1.807, 2.05) is 0 Å². The molecule has 0 unspecified atom stereocenters. The molecule has 1 aromatic rings. The Labute approximate surface area is 158 Å². The topological polar surface area (TPSA) is 66.9 Å². The number of halogens is 2. The predicted molar refractivity (Wildman–Crippen MR) is 99.3 cm³/mol. The van der Waals surface area contributed by atoms with Gasteiger partial charge in [0, 0.05) is 39.0 Å². The highest BCUT2D eigenvalue weighted by Crippen LogP contribution is 2.31. The normalized spacial score (nSPS) is 16.0. The van der Waals surface area contributed by atoms with Crippen molar-refractivity contribution >= 4 is 38.9 Å². The zero-order valence-electron chi connectivity index (χ0n) is 14.1. The average Bonchev–Trinajstić information content (AvgIpc) is 2.56. The van der Waals surface area contributed by atoms with Gasteiger partial charge in [0.15, 0.2) is 0 Å². The molecule has 1 heterocycles. The number of ether oxygens (including phenoxy) is 1. The molecule has 2 rings (SSSR count). The summed E-state index contributed by atoms with van der Waals surface area (Å²) in [6, 6.07) is 5.12. The van der Waals surface area contributed by atoms with Crippen LogP contribution in [0.1, 0.15) is 6.42 Å². The fraction of sp³-hybridized carbons (Fsp3) is 0.562. The number of benzene rings is 1. The van der Waals surface area contributed by atoms with Crippen LogP contribution < -0.4 is 4.74 Å². The summed E-state index contributed by atoms with van der Waals surface area (Å²) in [5.41, 5.74) is 0. The van der Waals surface area contributed by atoms with Crippen molar-refractivity contribution in [1.29, 1.82) is 0 Å². The van der Waals surface area contributed by atoms with E-state index in [4.69, 9.17) is 27.9 Å². The number of piperazine rings is 1. The molecule has 140 valence electrons. The van der Waals surface area contributed by atoms with Crippen molar-refractivity contribution in [2.75, 3.05) is 51.3 Å². The van der Waals surface area contributed by atoms with Crippen LogP contribution in [0.3, 0.4) is 0 Å². The van der Waals surface area contributed by atoms with Gasteiger partial charge in [0.2, 0.25) is 5.91 Å².